The lowest BCUT2D eigenvalue weighted by atomic mass is 9.85. The number of hydrogen-bond donors (Lipinski definition) is 1. The number of likely N-dealkylation sites (tertiary alicyclic amines) is 1. The molecule has 8 nitrogen and oxygen atoms in total. The van der Waals surface area contributed by atoms with Crippen LogP contribution in [0.15, 0.2) is 24.4 Å². The number of aliphatic hydroxyl groups is 1. The van der Waals surface area contributed by atoms with Gasteiger partial charge >= 0.3 is 0 Å². The van der Waals surface area contributed by atoms with Crippen molar-refractivity contribution in [3.05, 3.63) is 41.3 Å². The summed E-state index contributed by atoms with van der Waals surface area (Å²) >= 11 is 0. The van der Waals surface area contributed by atoms with Gasteiger partial charge in [0.1, 0.15) is 17.8 Å². The van der Waals surface area contributed by atoms with Crippen LogP contribution in [0.4, 0.5) is 10.2 Å². The van der Waals surface area contributed by atoms with Gasteiger partial charge in [0.05, 0.1) is 31.0 Å². The van der Waals surface area contributed by atoms with E-state index >= 15 is 0 Å². The van der Waals surface area contributed by atoms with Gasteiger partial charge in [0, 0.05) is 37.0 Å². The maximum absolute atomic E-state index is 14.9. The van der Waals surface area contributed by atoms with Crippen LogP contribution in [0.25, 0.3) is 16.7 Å². The Kier molecular flexibility index (Phi) is 6.03. The van der Waals surface area contributed by atoms with Crippen molar-refractivity contribution < 1.29 is 14.2 Å². The number of rotatable bonds is 6. The third-order valence-electron chi connectivity index (χ3n) is 6.74. The fourth-order valence-electron chi connectivity index (χ4n) is 4.95. The van der Waals surface area contributed by atoms with E-state index in [2.05, 4.69) is 43.9 Å². The van der Waals surface area contributed by atoms with Gasteiger partial charge in [-0.05, 0) is 57.1 Å². The highest BCUT2D eigenvalue weighted by Crippen LogP contribution is 2.35. The van der Waals surface area contributed by atoms with Crippen molar-refractivity contribution in [2.24, 2.45) is 0 Å². The minimum atomic E-state index is -0.878. The zero-order valence-corrected chi connectivity index (χ0v) is 19.4. The molecule has 1 N–H and O–H groups in total. The third-order valence-corrected chi connectivity index (χ3v) is 6.74. The molecule has 9 heteroatoms. The number of nitrogens with zero attached hydrogens (tertiary/aromatic N) is 6. The molecule has 0 amide bonds. The van der Waals surface area contributed by atoms with Crippen molar-refractivity contribution in [2.45, 2.75) is 38.5 Å². The minimum absolute atomic E-state index is 0.0296. The molecular formula is C24H31FN6O2. The first-order valence-corrected chi connectivity index (χ1v) is 11.6. The number of anilines is 1. The van der Waals surface area contributed by atoms with E-state index in [4.69, 9.17) is 9.84 Å². The quantitative estimate of drug-likeness (QED) is 0.613. The minimum Gasteiger partial charge on any atom is -0.394 e. The second-order valence-electron chi connectivity index (χ2n) is 9.25. The molecule has 5 rings (SSSR count). The van der Waals surface area contributed by atoms with E-state index in [0.717, 1.165) is 53.9 Å². The van der Waals surface area contributed by atoms with Crippen molar-refractivity contribution in [1.82, 2.24) is 24.6 Å². The number of aromatic nitrogens is 4. The normalized spacial score (nSPS) is 22.2. The molecule has 0 unspecified atom stereocenters. The van der Waals surface area contributed by atoms with E-state index in [1.165, 1.54) is 0 Å². The predicted molar refractivity (Wildman–Crippen MR) is 125 cm³/mol. The number of piperidine rings is 1. The van der Waals surface area contributed by atoms with E-state index in [1.54, 1.807) is 0 Å². The standard InChI is InChI=1S/C24H31FN6O2/c1-15-8-17-11-26-31(22(17)9-20(15)19-4-5-29(3)14-21(19)25)24-10-23(27-16(2)28-24)30-12-18(13-30)33-7-6-32/h8-11,18-19,21,32H,4-7,12-14H2,1-3H3/t19-,21-/m1/s1. The number of aliphatic hydroxyl groups excluding tert-OH is 1. The molecule has 2 atom stereocenters. The van der Waals surface area contributed by atoms with Crippen molar-refractivity contribution in [3.8, 4) is 5.82 Å². The molecule has 0 saturated carbocycles. The largest absolute Gasteiger partial charge is 0.394 e. The smallest absolute Gasteiger partial charge is 0.159 e. The van der Waals surface area contributed by atoms with Crippen molar-refractivity contribution in [3.63, 3.8) is 0 Å². The summed E-state index contributed by atoms with van der Waals surface area (Å²) in [5, 5.41) is 14.6. The van der Waals surface area contributed by atoms with Crippen LogP contribution < -0.4 is 4.90 Å². The Morgan fingerprint density at radius 3 is 2.67 bits per heavy atom. The third kappa shape index (κ3) is 4.32. The molecule has 2 saturated heterocycles. The number of halogens is 1. The molecule has 3 aromatic rings. The second kappa shape index (κ2) is 8.96. The van der Waals surface area contributed by atoms with E-state index in [9.17, 15) is 4.39 Å². The molecule has 2 aliphatic heterocycles. The molecule has 1 aromatic carbocycles. The highest BCUT2D eigenvalue weighted by molar-refractivity contribution is 5.82. The van der Waals surface area contributed by atoms with Gasteiger partial charge < -0.3 is 19.6 Å². The van der Waals surface area contributed by atoms with Crippen LogP contribution in [0, 0.1) is 13.8 Å². The van der Waals surface area contributed by atoms with E-state index in [0.29, 0.717) is 24.8 Å². The average Bonchev–Trinajstić information content (AvgIpc) is 3.14. The number of aryl methyl sites for hydroxylation is 2. The number of fused-ring (bicyclic) bond motifs is 1. The number of hydrogen-bond acceptors (Lipinski definition) is 7. The summed E-state index contributed by atoms with van der Waals surface area (Å²) in [6, 6.07) is 6.14. The van der Waals surface area contributed by atoms with Gasteiger partial charge in [0.25, 0.3) is 0 Å². The Bertz CT molecular complexity index is 1150. The lowest BCUT2D eigenvalue weighted by molar-refractivity contribution is 0.0132. The van der Waals surface area contributed by atoms with E-state index in [-0.39, 0.29) is 18.6 Å². The second-order valence-corrected chi connectivity index (χ2v) is 9.25. The summed E-state index contributed by atoms with van der Waals surface area (Å²) in [6.07, 6.45) is 1.88. The van der Waals surface area contributed by atoms with Gasteiger partial charge in [-0.1, -0.05) is 0 Å². The van der Waals surface area contributed by atoms with Crippen LogP contribution in [0.5, 0.6) is 0 Å². The molecule has 0 spiro atoms. The van der Waals surface area contributed by atoms with Gasteiger partial charge in [0.15, 0.2) is 5.82 Å². The van der Waals surface area contributed by atoms with E-state index in [1.807, 2.05) is 30.9 Å². The SMILES string of the molecule is Cc1nc(N2CC(OCCO)C2)cc(-n2ncc3cc(C)c([C@H]4CCN(C)C[C@H]4F)cc32)n1. The van der Waals surface area contributed by atoms with Gasteiger partial charge in [-0.15, -0.1) is 0 Å². The summed E-state index contributed by atoms with van der Waals surface area (Å²) in [7, 11) is 1.97. The highest BCUT2D eigenvalue weighted by Gasteiger charge is 2.31. The lowest BCUT2D eigenvalue weighted by Crippen LogP contribution is -2.53. The lowest BCUT2D eigenvalue weighted by Gasteiger charge is -2.39. The molecule has 0 aliphatic carbocycles. The summed E-state index contributed by atoms with van der Waals surface area (Å²) in [5.41, 5.74) is 3.09. The van der Waals surface area contributed by atoms with Crippen LogP contribution >= 0.6 is 0 Å². The number of benzene rings is 1. The first-order chi connectivity index (χ1) is 15.9. The van der Waals surface area contributed by atoms with Crippen LogP contribution in [0.2, 0.25) is 0 Å². The van der Waals surface area contributed by atoms with Gasteiger partial charge in [0.2, 0.25) is 0 Å². The van der Waals surface area contributed by atoms with Crippen LogP contribution in [-0.4, -0.2) is 88.5 Å². The molecule has 4 heterocycles. The molecule has 2 fully saturated rings. The summed E-state index contributed by atoms with van der Waals surface area (Å²) in [4.78, 5) is 13.4. The first-order valence-electron chi connectivity index (χ1n) is 11.6. The molecule has 176 valence electrons. The fourth-order valence-corrected chi connectivity index (χ4v) is 4.95. The molecule has 33 heavy (non-hydrogen) atoms. The Labute approximate surface area is 193 Å². The maximum atomic E-state index is 14.9. The maximum Gasteiger partial charge on any atom is 0.159 e. The zero-order chi connectivity index (χ0) is 23.1. The molecule has 2 aliphatic rings. The Morgan fingerprint density at radius 1 is 1.12 bits per heavy atom. The topological polar surface area (TPSA) is 79.5 Å². The summed E-state index contributed by atoms with van der Waals surface area (Å²) < 4.78 is 22.4. The molecule has 0 radical (unpaired) electrons. The van der Waals surface area contributed by atoms with Crippen LogP contribution in [0.3, 0.4) is 0 Å². The number of alkyl halides is 1. The highest BCUT2D eigenvalue weighted by atomic mass is 19.1. The molecular weight excluding hydrogens is 423 g/mol. The zero-order valence-electron chi connectivity index (χ0n) is 19.4. The molecule has 2 aromatic heterocycles. The Balaban J connectivity index is 1.46. The summed E-state index contributed by atoms with van der Waals surface area (Å²) in [5.74, 6) is 2.09. The Morgan fingerprint density at radius 2 is 1.91 bits per heavy atom. The van der Waals surface area contributed by atoms with Crippen molar-refractivity contribution in [1.29, 1.82) is 0 Å². The molecule has 0 bridgehead atoms. The van der Waals surface area contributed by atoms with E-state index < -0.39 is 6.17 Å². The average molecular weight is 455 g/mol. The van der Waals surface area contributed by atoms with Crippen LogP contribution in [0.1, 0.15) is 29.3 Å². The fraction of sp³-hybridized carbons (Fsp3) is 0.542. The van der Waals surface area contributed by atoms with Crippen LogP contribution in [-0.2, 0) is 4.74 Å². The van der Waals surface area contributed by atoms with Crippen molar-refractivity contribution >= 4 is 16.7 Å². The van der Waals surface area contributed by atoms with Gasteiger partial charge in [-0.25, -0.2) is 19.0 Å². The Hall–Kier alpha value is -2.62. The number of ether oxygens (including phenoxy) is 1. The van der Waals surface area contributed by atoms with Gasteiger partial charge in [-0.2, -0.15) is 5.10 Å². The first kappa shape index (κ1) is 22.2. The predicted octanol–water partition coefficient (Wildman–Crippen LogP) is 2.39. The van der Waals surface area contributed by atoms with Gasteiger partial charge in [-0.3, -0.25) is 0 Å². The monoisotopic (exact) mass is 454 g/mol. The summed E-state index contributed by atoms with van der Waals surface area (Å²) in [6.45, 7) is 7.14. The van der Waals surface area contributed by atoms with Crippen molar-refractivity contribution in [2.75, 3.05) is 51.3 Å².